The van der Waals surface area contributed by atoms with Crippen LogP contribution in [0.2, 0.25) is 0 Å². The predicted molar refractivity (Wildman–Crippen MR) is 65.2 cm³/mol. The summed E-state index contributed by atoms with van der Waals surface area (Å²) < 4.78 is 37.9. The van der Waals surface area contributed by atoms with E-state index in [0.717, 1.165) is 19.9 Å². The van der Waals surface area contributed by atoms with Crippen molar-refractivity contribution in [3.05, 3.63) is 0 Å². The Hall–Kier alpha value is -0.290. The molecule has 1 aliphatic heterocycles. The molecule has 0 unspecified atom stereocenters. The van der Waals surface area contributed by atoms with Crippen molar-refractivity contribution in [1.29, 1.82) is 0 Å². The molecule has 5 heteroatoms. The highest BCUT2D eigenvalue weighted by Crippen LogP contribution is 2.61. The van der Waals surface area contributed by atoms with Gasteiger partial charge in [0.25, 0.3) is 0 Å². The first kappa shape index (κ1) is 14.1. The van der Waals surface area contributed by atoms with E-state index in [0.29, 0.717) is 17.0 Å². The van der Waals surface area contributed by atoms with Gasteiger partial charge in [-0.15, -0.1) is 0 Å². The van der Waals surface area contributed by atoms with Crippen LogP contribution in [0.4, 0.5) is 13.2 Å². The number of alkyl halides is 3. The third-order valence-electron chi connectivity index (χ3n) is 4.42. The lowest BCUT2D eigenvalue weighted by molar-refractivity contribution is -0.240. The molecule has 0 bridgehead atoms. The van der Waals surface area contributed by atoms with Crippen molar-refractivity contribution in [1.82, 2.24) is 9.80 Å². The maximum atomic E-state index is 12.6. The van der Waals surface area contributed by atoms with Crippen LogP contribution in [-0.2, 0) is 0 Å². The molecule has 3 atom stereocenters. The van der Waals surface area contributed by atoms with Crippen LogP contribution in [-0.4, -0.2) is 47.3 Å². The summed E-state index contributed by atoms with van der Waals surface area (Å²) in [7, 11) is 1.16. The number of piperidine rings is 1. The molecule has 1 saturated heterocycles. The molecule has 2 fully saturated rings. The fraction of sp³-hybridized carbons (Fsp3) is 1.00. The minimum atomic E-state index is -4.21. The average molecular weight is 264 g/mol. The molecule has 0 radical (unpaired) electrons. The highest BCUT2D eigenvalue weighted by molar-refractivity contribution is 5.19. The molecule has 2 nitrogen and oxygen atoms in total. The summed E-state index contributed by atoms with van der Waals surface area (Å²) in [5, 5.41) is 0. The third kappa shape index (κ3) is 2.27. The van der Waals surface area contributed by atoms with Gasteiger partial charge < -0.3 is 0 Å². The number of likely N-dealkylation sites (tertiary alicyclic amines) is 1. The Morgan fingerprint density at radius 2 is 1.78 bits per heavy atom. The Bertz CT molecular complexity index is 334. The molecule has 0 aromatic rings. The van der Waals surface area contributed by atoms with E-state index in [1.54, 1.807) is 0 Å². The fourth-order valence-corrected chi connectivity index (χ4v) is 3.86. The van der Waals surface area contributed by atoms with E-state index in [-0.39, 0.29) is 17.5 Å². The SMILES string of the molecule is C[C@@H]1C[C@@]2(CN(C)C(F)(F)F)C[C@H]2N1C(C)(C)C. The van der Waals surface area contributed by atoms with Crippen LogP contribution in [0.25, 0.3) is 0 Å². The first-order valence-electron chi connectivity index (χ1n) is 6.54. The summed E-state index contributed by atoms with van der Waals surface area (Å²) in [5.74, 6) is 0. The zero-order chi connectivity index (χ0) is 13.9. The fourth-order valence-electron chi connectivity index (χ4n) is 3.86. The highest BCUT2D eigenvalue weighted by Gasteiger charge is 2.66. The van der Waals surface area contributed by atoms with Gasteiger partial charge in [-0.1, -0.05) is 0 Å². The molecule has 18 heavy (non-hydrogen) atoms. The van der Waals surface area contributed by atoms with E-state index < -0.39 is 6.30 Å². The first-order valence-corrected chi connectivity index (χ1v) is 6.54. The van der Waals surface area contributed by atoms with E-state index in [9.17, 15) is 13.2 Å². The average Bonchev–Trinajstić information content (AvgIpc) is 2.66. The lowest BCUT2D eigenvalue weighted by atomic mass is 9.99. The molecule has 1 aliphatic carbocycles. The zero-order valence-corrected chi connectivity index (χ0v) is 11.8. The van der Waals surface area contributed by atoms with E-state index in [4.69, 9.17) is 0 Å². The van der Waals surface area contributed by atoms with Gasteiger partial charge in [0, 0.05) is 29.6 Å². The van der Waals surface area contributed by atoms with Crippen LogP contribution in [0.15, 0.2) is 0 Å². The number of nitrogens with zero attached hydrogens (tertiary/aromatic N) is 2. The van der Waals surface area contributed by atoms with Crippen LogP contribution < -0.4 is 0 Å². The maximum absolute atomic E-state index is 12.6. The van der Waals surface area contributed by atoms with E-state index >= 15 is 0 Å². The molecule has 0 spiro atoms. The Morgan fingerprint density at radius 1 is 1.22 bits per heavy atom. The van der Waals surface area contributed by atoms with Gasteiger partial charge >= 0.3 is 6.30 Å². The van der Waals surface area contributed by atoms with Crippen LogP contribution in [0.3, 0.4) is 0 Å². The van der Waals surface area contributed by atoms with Gasteiger partial charge in [-0.2, -0.15) is 13.2 Å². The van der Waals surface area contributed by atoms with Crippen LogP contribution in [0, 0.1) is 5.41 Å². The Morgan fingerprint density at radius 3 is 2.17 bits per heavy atom. The summed E-state index contributed by atoms with van der Waals surface area (Å²) in [6.07, 6.45) is -2.41. The number of rotatable bonds is 2. The second kappa shape index (κ2) is 3.85. The van der Waals surface area contributed by atoms with E-state index in [1.165, 1.54) is 0 Å². The predicted octanol–water partition coefficient (Wildman–Crippen LogP) is 3.09. The summed E-state index contributed by atoms with van der Waals surface area (Å²) in [6.45, 7) is 8.70. The third-order valence-corrected chi connectivity index (χ3v) is 4.42. The number of hydrogen-bond acceptors (Lipinski definition) is 2. The van der Waals surface area contributed by atoms with E-state index in [1.807, 2.05) is 0 Å². The first-order chi connectivity index (χ1) is 7.97. The Balaban J connectivity index is 2.06. The summed E-state index contributed by atoms with van der Waals surface area (Å²) in [4.78, 5) is 2.95. The van der Waals surface area contributed by atoms with Crippen LogP contribution in [0.1, 0.15) is 40.5 Å². The van der Waals surface area contributed by atoms with Crippen molar-refractivity contribution in [2.24, 2.45) is 5.41 Å². The standard InChI is InChI=1S/C13H23F3N2/c1-9-6-12(8-17(5)13(14,15)16)7-10(12)18(9)11(2,3)4/h9-10H,6-8H2,1-5H3/t9-,10-,12+/m1/s1. The summed E-state index contributed by atoms with van der Waals surface area (Å²) >= 11 is 0. The highest BCUT2D eigenvalue weighted by atomic mass is 19.4. The Kier molecular flexibility index (Phi) is 3.02. The smallest absolute Gasteiger partial charge is 0.292 e. The van der Waals surface area contributed by atoms with Gasteiger partial charge in [0.2, 0.25) is 0 Å². The van der Waals surface area contributed by atoms with Gasteiger partial charge in [-0.05, 0) is 47.6 Å². The topological polar surface area (TPSA) is 6.48 Å². The van der Waals surface area contributed by atoms with Crippen molar-refractivity contribution >= 4 is 0 Å². The normalized spacial score (nSPS) is 37.2. The molecule has 0 aromatic carbocycles. The van der Waals surface area contributed by atoms with E-state index in [2.05, 4.69) is 32.6 Å². The lowest BCUT2D eigenvalue weighted by Crippen LogP contribution is -2.45. The van der Waals surface area contributed by atoms with Gasteiger partial charge in [0.1, 0.15) is 0 Å². The number of hydrogen-bond donors (Lipinski definition) is 0. The lowest BCUT2D eigenvalue weighted by Gasteiger charge is -2.37. The van der Waals surface area contributed by atoms with Gasteiger partial charge in [0.15, 0.2) is 0 Å². The molecular weight excluding hydrogens is 241 g/mol. The van der Waals surface area contributed by atoms with Crippen molar-refractivity contribution in [3.8, 4) is 0 Å². The maximum Gasteiger partial charge on any atom is 0.459 e. The van der Waals surface area contributed by atoms with Crippen molar-refractivity contribution in [3.63, 3.8) is 0 Å². The van der Waals surface area contributed by atoms with Gasteiger partial charge in [0.05, 0.1) is 0 Å². The second-order valence-corrected chi connectivity index (χ2v) is 7.04. The number of fused-ring (bicyclic) bond motifs is 1. The summed E-state index contributed by atoms with van der Waals surface area (Å²) in [6, 6.07) is 0.711. The minimum Gasteiger partial charge on any atom is -0.292 e. The largest absolute Gasteiger partial charge is 0.459 e. The summed E-state index contributed by atoms with van der Waals surface area (Å²) in [5.41, 5.74) is -0.0872. The second-order valence-electron chi connectivity index (χ2n) is 7.04. The van der Waals surface area contributed by atoms with Crippen molar-refractivity contribution < 1.29 is 13.2 Å². The molecule has 1 heterocycles. The monoisotopic (exact) mass is 264 g/mol. The van der Waals surface area contributed by atoms with Gasteiger partial charge in [-0.3, -0.25) is 4.90 Å². The molecule has 0 amide bonds. The number of halogens is 3. The minimum absolute atomic E-state index is 0.0408. The molecule has 2 aliphatic rings. The molecule has 0 aromatic heterocycles. The Labute approximate surface area is 107 Å². The van der Waals surface area contributed by atoms with Crippen molar-refractivity contribution in [2.45, 2.75) is 64.5 Å². The van der Waals surface area contributed by atoms with Gasteiger partial charge in [-0.25, -0.2) is 4.90 Å². The van der Waals surface area contributed by atoms with Crippen LogP contribution >= 0.6 is 0 Å². The van der Waals surface area contributed by atoms with Crippen LogP contribution in [0.5, 0.6) is 0 Å². The zero-order valence-electron chi connectivity index (χ0n) is 11.8. The molecular formula is C13H23F3N2. The molecule has 2 rings (SSSR count). The molecule has 106 valence electrons. The quantitative estimate of drug-likeness (QED) is 0.707. The molecule has 0 N–H and O–H groups in total. The molecule has 1 saturated carbocycles. The van der Waals surface area contributed by atoms with Crippen molar-refractivity contribution in [2.75, 3.05) is 13.6 Å².